The molecule has 0 aromatic carbocycles. The van der Waals surface area contributed by atoms with Gasteiger partial charge in [-0.05, 0) is 45.7 Å². The Morgan fingerprint density at radius 2 is 1.58 bits per heavy atom. The van der Waals surface area contributed by atoms with Gasteiger partial charge in [-0.3, -0.25) is 4.90 Å². The Balaban J connectivity index is 2.05. The number of likely N-dealkylation sites (tertiary alicyclic amines) is 1. The Hall–Kier alpha value is -0.130. The Morgan fingerprint density at radius 3 is 2.16 bits per heavy atom. The Morgan fingerprint density at radius 1 is 1.00 bits per heavy atom. The molecule has 0 spiro atoms. The second-order valence-corrected chi connectivity index (χ2v) is 8.15. The molecular weight excluding hydrogens is 260 g/mol. The highest BCUT2D eigenvalue weighted by Gasteiger charge is 2.38. The predicted octanol–water partition coefficient (Wildman–Crippen LogP) is 2.11. The zero-order chi connectivity index (χ0) is 13.8. The van der Waals surface area contributed by atoms with E-state index in [2.05, 4.69) is 9.62 Å². The van der Waals surface area contributed by atoms with Crippen LogP contribution in [0.3, 0.4) is 0 Å². The molecule has 5 heteroatoms. The van der Waals surface area contributed by atoms with Crippen molar-refractivity contribution >= 4 is 10.0 Å². The molecule has 0 aromatic rings. The third-order valence-corrected chi connectivity index (χ3v) is 6.16. The number of nitrogens with one attached hydrogen (secondary N) is 1. The van der Waals surface area contributed by atoms with Crippen LogP contribution in [0.1, 0.15) is 58.3 Å². The van der Waals surface area contributed by atoms with Crippen LogP contribution in [0, 0.1) is 0 Å². The van der Waals surface area contributed by atoms with Gasteiger partial charge in [0, 0.05) is 12.1 Å². The molecule has 0 unspecified atom stereocenters. The maximum absolute atomic E-state index is 11.7. The smallest absolute Gasteiger partial charge is 0.211 e. The van der Waals surface area contributed by atoms with Crippen LogP contribution in [0.25, 0.3) is 0 Å². The lowest BCUT2D eigenvalue weighted by atomic mass is 9.79. The summed E-state index contributed by atoms with van der Waals surface area (Å²) >= 11 is 0. The average molecular weight is 288 g/mol. The Labute approximate surface area is 118 Å². The lowest BCUT2D eigenvalue weighted by Gasteiger charge is -2.48. The van der Waals surface area contributed by atoms with Crippen molar-refractivity contribution < 1.29 is 8.42 Å². The summed E-state index contributed by atoms with van der Waals surface area (Å²) in [6, 6.07) is 0. The van der Waals surface area contributed by atoms with Gasteiger partial charge in [0.05, 0.1) is 5.75 Å². The molecule has 19 heavy (non-hydrogen) atoms. The molecule has 2 fully saturated rings. The van der Waals surface area contributed by atoms with E-state index < -0.39 is 10.0 Å². The molecule has 0 bridgehead atoms. The molecule has 1 aliphatic carbocycles. The lowest BCUT2D eigenvalue weighted by Crippen LogP contribution is -2.58. The summed E-state index contributed by atoms with van der Waals surface area (Å²) in [5.41, 5.74) is 0.0981. The summed E-state index contributed by atoms with van der Waals surface area (Å²) in [7, 11) is -3.07. The predicted molar refractivity (Wildman–Crippen MR) is 78.7 cm³/mol. The van der Waals surface area contributed by atoms with Crippen LogP contribution in [0.2, 0.25) is 0 Å². The van der Waals surface area contributed by atoms with Crippen molar-refractivity contribution in [2.75, 3.05) is 25.4 Å². The van der Waals surface area contributed by atoms with Crippen LogP contribution < -0.4 is 4.72 Å². The molecule has 1 heterocycles. The maximum atomic E-state index is 11.7. The van der Waals surface area contributed by atoms with Crippen molar-refractivity contribution in [3.63, 3.8) is 0 Å². The summed E-state index contributed by atoms with van der Waals surface area (Å²) in [6.07, 6.45) is 9.95. The van der Waals surface area contributed by atoms with Gasteiger partial charge in [-0.15, -0.1) is 0 Å². The molecule has 1 saturated heterocycles. The van der Waals surface area contributed by atoms with E-state index in [1.165, 1.54) is 38.5 Å². The van der Waals surface area contributed by atoms with Gasteiger partial charge in [-0.2, -0.15) is 0 Å². The first-order chi connectivity index (χ1) is 9.08. The van der Waals surface area contributed by atoms with Crippen molar-refractivity contribution in [2.24, 2.45) is 0 Å². The first-order valence-electron chi connectivity index (χ1n) is 7.80. The van der Waals surface area contributed by atoms with Crippen LogP contribution >= 0.6 is 0 Å². The lowest BCUT2D eigenvalue weighted by molar-refractivity contribution is 0.0376. The minimum absolute atomic E-state index is 0.0981. The molecule has 1 aliphatic heterocycles. The van der Waals surface area contributed by atoms with Gasteiger partial charge in [-0.1, -0.05) is 25.7 Å². The number of nitrogens with zero attached hydrogens (tertiary/aromatic N) is 1. The minimum Gasteiger partial charge on any atom is -0.296 e. The molecule has 2 rings (SSSR count). The fourth-order valence-corrected chi connectivity index (χ4v) is 4.22. The summed E-state index contributed by atoms with van der Waals surface area (Å²) in [5.74, 6) is 0.184. The van der Waals surface area contributed by atoms with E-state index in [1.54, 1.807) is 6.92 Å². The number of hydrogen-bond donors (Lipinski definition) is 1. The zero-order valence-corrected chi connectivity index (χ0v) is 13.0. The van der Waals surface area contributed by atoms with Gasteiger partial charge >= 0.3 is 0 Å². The molecule has 1 saturated carbocycles. The van der Waals surface area contributed by atoms with E-state index >= 15 is 0 Å². The van der Waals surface area contributed by atoms with Crippen LogP contribution in [0.4, 0.5) is 0 Å². The van der Waals surface area contributed by atoms with Crippen LogP contribution in [0.15, 0.2) is 0 Å². The molecule has 4 nitrogen and oxygen atoms in total. The highest BCUT2D eigenvalue weighted by Crippen LogP contribution is 2.35. The molecular formula is C14H28N2O2S. The number of hydrogen-bond acceptors (Lipinski definition) is 3. The van der Waals surface area contributed by atoms with Gasteiger partial charge < -0.3 is 0 Å². The van der Waals surface area contributed by atoms with Gasteiger partial charge in [0.1, 0.15) is 0 Å². The van der Waals surface area contributed by atoms with E-state index in [9.17, 15) is 8.42 Å². The second-order valence-electron chi connectivity index (χ2n) is 6.06. The maximum Gasteiger partial charge on any atom is 0.211 e. The van der Waals surface area contributed by atoms with Crippen LogP contribution in [-0.4, -0.2) is 44.2 Å². The van der Waals surface area contributed by atoms with E-state index in [1.807, 2.05) is 0 Å². The first-order valence-corrected chi connectivity index (χ1v) is 9.46. The Kier molecular flexibility index (Phi) is 5.26. The minimum atomic E-state index is -3.07. The monoisotopic (exact) mass is 288 g/mol. The molecule has 0 atom stereocenters. The zero-order valence-electron chi connectivity index (χ0n) is 12.2. The summed E-state index contributed by atoms with van der Waals surface area (Å²) in [6.45, 7) is 4.61. The van der Waals surface area contributed by atoms with Crippen LogP contribution in [-0.2, 0) is 10.0 Å². The first kappa shape index (κ1) is 15.3. The summed E-state index contributed by atoms with van der Waals surface area (Å²) in [4.78, 5) is 2.58. The summed E-state index contributed by atoms with van der Waals surface area (Å²) < 4.78 is 26.3. The molecule has 1 N–H and O–H groups in total. The van der Waals surface area contributed by atoms with Crippen LogP contribution in [0.5, 0.6) is 0 Å². The van der Waals surface area contributed by atoms with Crippen molar-refractivity contribution in [1.82, 2.24) is 9.62 Å². The molecule has 0 aromatic heterocycles. The standard InChI is InChI=1S/C14H28N2O2S/c1-2-19(17,18)15-13-14(9-5-3-6-10-14)16-11-7-4-8-12-16/h15H,2-13H2,1H3. The molecule has 0 amide bonds. The quantitative estimate of drug-likeness (QED) is 0.843. The fourth-order valence-electron chi connectivity index (χ4n) is 3.53. The SMILES string of the molecule is CCS(=O)(=O)NCC1(N2CCCCC2)CCCCC1. The van der Waals surface area contributed by atoms with E-state index in [-0.39, 0.29) is 11.3 Å². The molecule has 0 radical (unpaired) electrons. The second kappa shape index (κ2) is 6.55. The fraction of sp³-hybridized carbons (Fsp3) is 1.00. The largest absolute Gasteiger partial charge is 0.296 e. The van der Waals surface area contributed by atoms with Crippen molar-refractivity contribution in [1.29, 1.82) is 0 Å². The highest BCUT2D eigenvalue weighted by atomic mass is 32.2. The third-order valence-electron chi connectivity index (χ3n) is 4.81. The molecule has 2 aliphatic rings. The Bertz CT molecular complexity index is 369. The summed E-state index contributed by atoms with van der Waals surface area (Å²) in [5, 5.41) is 0. The van der Waals surface area contributed by atoms with E-state index in [4.69, 9.17) is 0 Å². The number of sulfonamides is 1. The highest BCUT2D eigenvalue weighted by molar-refractivity contribution is 7.89. The third kappa shape index (κ3) is 3.92. The van der Waals surface area contributed by atoms with Gasteiger partial charge in [0.25, 0.3) is 0 Å². The van der Waals surface area contributed by atoms with Crippen molar-refractivity contribution in [3.8, 4) is 0 Å². The van der Waals surface area contributed by atoms with E-state index in [0.29, 0.717) is 6.54 Å². The van der Waals surface area contributed by atoms with Crippen molar-refractivity contribution in [2.45, 2.75) is 63.8 Å². The molecule has 112 valence electrons. The topological polar surface area (TPSA) is 49.4 Å². The number of piperidine rings is 1. The average Bonchev–Trinajstić information content (AvgIpc) is 2.47. The van der Waals surface area contributed by atoms with Gasteiger partial charge in [0.15, 0.2) is 0 Å². The van der Waals surface area contributed by atoms with E-state index in [0.717, 1.165) is 25.9 Å². The van der Waals surface area contributed by atoms with Crippen molar-refractivity contribution in [3.05, 3.63) is 0 Å². The number of rotatable bonds is 5. The van der Waals surface area contributed by atoms with Gasteiger partial charge in [0.2, 0.25) is 10.0 Å². The normalized spacial score (nSPS) is 25.3. The van der Waals surface area contributed by atoms with Gasteiger partial charge in [-0.25, -0.2) is 13.1 Å².